The highest BCUT2D eigenvalue weighted by atomic mass is 16.1. The number of benzene rings is 1. The number of nitrogens with two attached hydrogens (primary N) is 1. The molecule has 3 rings (SSSR count). The van der Waals surface area contributed by atoms with Gasteiger partial charge in [0, 0.05) is 43.8 Å². The van der Waals surface area contributed by atoms with Gasteiger partial charge in [-0.2, -0.15) is 0 Å². The molecule has 6 nitrogen and oxygen atoms in total. The summed E-state index contributed by atoms with van der Waals surface area (Å²) in [5, 5.41) is 0. The molecule has 0 atom stereocenters. The van der Waals surface area contributed by atoms with Crippen LogP contribution in [-0.2, 0) is 0 Å². The van der Waals surface area contributed by atoms with Gasteiger partial charge < -0.3 is 10.6 Å². The standard InChI is InChI=1S/C18H19N5O/c1-12-10-13(17(19)24)4-6-15(12)23-9-8-20-18(23)14-5-7-16(21-11-14)22(2)3/h4-11H,1-3H3,(H2,19,24). The first-order chi connectivity index (χ1) is 11.5. The van der Waals surface area contributed by atoms with Crippen molar-refractivity contribution in [2.75, 3.05) is 19.0 Å². The fourth-order valence-corrected chi connectivity index (χ4v) is 2.57. The molecule has 0 bridgehead atoms. The van der Waals surface area contributed by atoms with Crippen LogP contribution in [0, 0.1) is 6.92 Å². The second-order valence-corrected chi connectivity index (χ2v) is 5.79. The number of aromatic nitrogens is 3. The summed E-state index contributed by atoms with van der Waals surface area (Å²) in [4.78, 5) is 22.2. The Kier molecular flexibility index (Phi) is 4.04. The SMILES string of the molecule is Cc1cc(C(N)=O)ccc1-n1ccnc1-c1ccc(N(C)C)nc1. The van der Waals surface area contributed by atoms with E-state index >= 15 is 0 Å². The number of hydrogen-bond acceptors (Lipinski definition) is 4. The summed E-state index contributed by atoms with van der Waals surface area (Å²) in [6, 6.07) is 9.34. The van der Waals surface area contributed by atoms with Gasteiger partial charge in [0.2, 0.25) is 5.91 Å². The van der Waals surface area contributed by atoms with E-state index in [2.05, 4.69) is 9.97 Å². The van der Waals surface area contributed by atoms with Gasteiger partial charge in [0.15, 0.2) is 0 Å². The Morgan fingerprint density at radius 2 is 1.96 bits per heavy atom. The number of amides is 1. The number of pyridine rings is 1. The zero-order chi connectivity index (χ0) is 17.3. The smallest absolute Gasteiger partial charge is 0.248 e. The highest BCUT2D eigenvalue weighted by Gasteiger charge is 2.12. The Balaban J connectivity index is 2.03. The van der Waals surface area contributed by atoms with Gasteiger partial charge in [-0.3, -0.25) is 9.36 Å². The molecule has 0 fully saturated rings. The number of carbonyl (C=O) groups excluding carboxylic acids is 1. The largest absolute Gasteiger partial charge is 0.366 e. The molecular formula is C18H19N5O. The number of aryl methyl sites for hydroxylation is 1. The van der Waals surface area contributed by atoms with Crippen molar-refractivity contribution < 1.29 is 4.79 Å². The summed E-state index contributed by atoms with van der Waals surface area (Å²) in [6.45, 7) is 1.94. The summed E-state index contributed by atoms with van der Waals surface area (Å²) < 4.78 is 1.98. The molecule has 0 aliphatic carbocycles. The number of anilines is 1. The minimum Gasteiger partial charge on any atom is -0.366 e. The van der Waals surface area contributed by atoms with Gasteiger partial charge in [0.1, 0.15) is 11.6 Å². The molecule has 122 valence electrons. The Morgan fingerprint density at radius 3 is 2.54 bits per heavy atom. The van der Waals surface area contributed by atoms with E-state index in [-0.39, 0.29) is 0 Å². The number of imidazole rings is 1. The summed E-state index contributed by atoms with van der Waals surface area (Å²) >= 11 is 0. The highest BCUT2D eigenvalue weighted by Crippen LogP contribution is 2.24. The highest BCUT2D eigenvalue weighted by molar-refractivity contribution is 5.93. The van der Waals surface area contributed by atoms with Crippen LogP contribution >= 0.6 is 0 Å². The monoisotopic (exact) mass is 321 g/mol. The molecule has 24 heavy (non-hydrogen) atoms. The lowest BCUT2D eigenvalue weighted by Crippen LogP contribution is -2.11. The lowest BCUT2D eigenvalue weighted by molar-refractivity contribution is 0.1000. The van der Waals surface area contributed by atoms with Crippen molar-refractivity contribution in [2.45, 2.75) is 6.92 Å². The van der Waals surface area contributed by atoms with Gasteiger partial charge in [-0.25, -0.2) is 9.97 Å². The van der Waals surface area contributed by atoms with Crippen LogP contribution in [0.15, 0.2) is 48.9 Å². The van der Waals surface area contributed by atoms with Crippen molar-refractivity contribution in [3.63, 3.8) is 0 Å². The Labute approximate surface area is 140 Å². The number of hydrogen-bond donors (Lipinski definition) is 1. The quantitative estimate of drug-likeness (QED) is 0.800. The van der Waals surface area contributed by atoms with Crippen molar-refractivity contribution in [2.24, 2.45) is 5.73 Å². The maximum absolute atomic E-state index is 11.3. The molecule has 2 N–H and O–H groups in total. The van der Waals surface area contributed by atoms with Gasteiger partial charge in [-0.15, -0.1) is 0 Å². The van der Waals surface area contributed by atoms with E-state index in [1.165, 1.54) is 0 Å². The molecule has 3 aromatic rings. The van der Waals surface area contributed by atoms with Crippen molar-refractivity contribution in [3.8, 4) is 17.1 Å². The second kappa shape index (κ2) is 6.16. The topological polar surface area (TPSA) is 77.0 Å². The third-order valence-electron chi connectivity index (χ3n) is 3.85. The van der Waals surface area contributed by atoms with E-state index < -0.39 is 5.91 Å². The average Bonchev–Trinajstić information content (AvgIpc) is 3.04. The zero-order valence-corrected chi connectivity index (χ0v) is 13.9. The maximum atomic E-state index is 11.3. The van der Waals surface area contributed by atoms with Crippen LogP contribution in [0.4, 0.5) is 5.82 Å². The molecule has 1 amide bonds. The number of rotatable bonds is 4. The minimum absolute atomic E-state index is 0.432. The molecule has 0 aliphatic rings. The summed E-state index contributed by atoms with van der Waals surface area (Å²) in [5.41, 5.74) is 8.65. The fraction of sp³-hybridized carbons (Fsp3) is 0.167. The van der Waals surface area contributed by atoms with Gasteiger partial charge in [-0.05, 0) is 42.8 Å². The summed E-state index contributed by atoms with van der Waals surface area (Å²) in [7, 11) is 3.90. The predicted octanol–water partition coefficient (Wildman–Crippen LogP) is 2.41. The van der Waals surface area contributed by atoms with Gasteiger partial charge in [-0.1, -0.05) is 0 Å². The van der Waals surface area contributed by atoms with Crippen molar-refractivity contribution in [3.05, 3.63) is 60.0 Å². The first kappa shape index (κ1) is 15.7. The molecule has 0 saturated carbocycles. The number of primary amides is 1. The fourth-order valence-electron chi connectivity index (χ4n) is 2.57. The van der Waals surface area contributed by atoms with Crippen molar-refractivity contribution in [1.29, 1.82) is 0 Å². The molecule has 0 spiro atoms. The molecule has 0 radical (unpaired) electrons. The molecule has 2 aromatic heterocycles. The molecule has 0 saturated heterocycles. The van der Waals surface area contributed by atoms with E-state index in [9.17, 15) is 4.79 Å². The lowest BCUT2D eigenvalue weighted by Gasteiger charge is -2.13. The zero-order valence-electron chi connectivity index (χ0n) is 13.9. The lowest BCUT2D eigenvalue weighted by atomic mass is 10.1. The second-order valence-electron chi connectivity index (χ2n) is 5.79. The third-order valence-corrected chi connectivity index (χ3v) is 3.85. The molecule has 6 heteroatoms. The van der Waals surface area contributed by atoms with Crippen LogP contribution in [-0.4, -0.2) is 34.5 Å². The molecule has 1 aromatic carbocycles. The van der Waals surface area contributed by atoms with E-state index in [4.69, 9.17) is 5.73 Å². The van der Waals surface area contributed by atoms with Crippen LogP contribution in [0.3, 0.4) is 0 Å². The van der Waals surface area contributed by atoms with E-state index in [0.717, 1.165) is 28.5 Å². The molecule has 0 aliphatic heterocycles. The average molecular weight is 321 g/mol. The Morgan fingerprint density at radius 1 is 1.17 bits per heavy atom. The van der Waals surface area contributed by atoms with Gasteiger partial charge in [0.25, 0.3) is 0 Å². The van der Waals surface area contributed by atoms with Crippen LogP contribution in [0.25, 0.3) is 17.1 Å². The van der Waals surface area contributed by atoms with Crippen LogP contribution in [0.5, 0.6) is 0 Å². The van der Waals surface area contributed by atoms with Crippen molar-refractivity contribution in [1.82, 2.24) is 14.5 Å². The minimum atomic E-state index is -0.432. The van der Waals surface area contributed by atoms with E-state index in [0.29, 0.717) is 5.56 Å². The van der Waals surface area contributed by atoms with Crippen molar-refractivity contribution >= 4 is 11.7 Å². The molecule has 0 unspecified atom stereocenters. The first-order valence-electron chi connectivity index (χ1n) is 7.55. The first-order valence-corrected chi connectivity index (χ1v) is 7.55. The Bertz CT molecular complexity index is 881. The van der Waals surface area contributed by atoms with Gasteiger partial charge in [0.05, 0.1) is 5.69 Å². The number of nitrogens with zero attached hydrogens (tertiary/aromatic N) is 4. The van der Waals surface area contributed by atoms with Crippen LogP contribution in [0.2, 0.25) is 0 Å². The number of carbonyl (C=O) groups is 1. The molecular weight excluding hydrogens is 302 g/mol. The Hall–Kier alpha value is -3.15. The van der Waals surface area contributed by atoms with Crippen LogP contribution in [0.1, 0.15) is 15.9 Å². The van der Waals surface area contributed by atoms with Gasteiger partial charge >= 0.3 is 0 Å². The predicted molar refractivity (Wildman–Crippen MR) is 94.4 cm³/mol. The van der Waals surface area contributed by atoms with Crippen LogP contribution < -0.4 is 10.6 Å². The van der Waals surface area contributed by atoms with E-state index in [1.54, 1.807) is 24.5 Å². The summed E-state index contributed by atoms with van der Waals surface area (Å²) in [6.07, 6.45) is 5.44. The summed E-state index contributed by atoms with van der Waals surface area (Å²) in [5.74, 6) is 1.25. The normalized spacial score (nSPS) is 10.6. The molecule has 2 heterocycles. The maximum Gasteiger partial charge on any atom is 0.248 e. The van der Waals surface area contributed by atoms with E-state index in [1.807, 2.05) is 54.9 Å². The third kappa shape index (κ3) is 2.86.